The van der Waals surface area contributed by atoms with Crippen molar-refractivity contribution in [3.8, 4) is 0 Å². The minimum atomic E-state index is -0.261. The van der Waals surface area contributed by atoms with Gasteiger partial charge < -0.3 is 25.1 Å². The molecule has 1 rings (SSSR count). The first-order chi connectivity index (χ1) is 10.9. The van der Waals surface area contributed by atoms with Gasteiger partial charge in [-0.05, 0) is 32.9 Å². The van der Waals surface area contributed by atoms with Gasteiger partial charge in [-0.3, -0.25) is 4.79 Å². The molecular weight excluding hydrogens is 423 g/mol. The van der Waals surface area contributed by atoms with Crippen LogP contribution in [0.15, 0.2) is 27.8 Å². The Hall–Kier alpha value is -1.29. The van der Waals surface area contributed by atoms with Crippen LogP contribution in [0.3, 0.4) is 0 Å². The number of guanidine groups is 1. The van der Waals surface area contributed by atoms with Crippen molar-refractivity contribution in [1.29, 1.82) is 0 Å². The van der Waals surface area contributed by atoms with E-state index in [0.29, 0.717) is 25.7 Å². The van der Waals surface area contributed by atoms with Gasteiger partial charge in [0.25, 0.3) is 0 Å². The molecule has 0 unspecified atom stereocenters. The molecule has 0 aliphatic rings. The van der Waals surface area contributed by atoms with Crippen LogP contribution in [-0.2, 0) is 16.0 Å². The fraction of sp³-hybridized carbons (Fsp3) is 0.625. The van der Waals surface area contributed by atoms with E-state index in [1.165, 1.54) is 0 Å². The van der Waals surface area contributed by atoms with Crippen LogP contribution in [0.1, 0.15) is 26.5 Å². The van der Waals surface area contributed by atoms with Crippen molar-refractivity contribution in [2.45, 2.75) is 32.7 Å². The van der Waals surface area contributed by atoms with Crippen LogP contribution in [0, 0.1) is 0 Å². The SMILES string of the molecule is COCCNC(=NCC(=O)NC(C)(C)C)NCCc1ccco1.I. The molecule has 1 heterocycles. The normalized spacial score (nSPS) is 11.6. The second-order valence-electron chi connectivity index (χ2n) is 6.14. The Morgan fingerprint density at radius 3 is 2.58 bits per heavy atom. The highest BCUT2D eigenvalue weighted by Crippen LogP contribution is 1.99. The van der Waals surface area contributed by atoms with E-state index < -0.39 is 0 Å². The smallest absolute Gasteiger partial charge is 0.242 e. The number of amides is 1. The summed E-state index contributed by atoms with van der Waals surface area (Å²) < 4.78 is 10.3. The van der Waals surface area contributed by atoms with Gasteiger partial charge in [-0.2, -0.15) is 0 Å². The summed E-state index contributed by atoms with van der Waals surface area (Å²) in [6.07, 6.45) is 2.39. The monoisotopic (exact) mass is 452 g/mol. The summed E-state index contributed by atoms with van der Waals surface area (Å²) in [6.45, 7) is 7.72. The molecule has 0 spiro atoms. The zero-order valence-corrected chi connectivity index (χ0v) is 17.2. The number of hydrogen-bond acceptors (Lipinski definition) is 4. The molecule has 0 saturated heterocycles. The number of halogens is 1. The first-order valence-electron chi connectivity index (χ1n) is 7.75. The summed E-state index contributed by atoms with van der Waals surface area (Å²) in [6, 6.07) is 3.78. The van der Waals surface area contributed by atoms with Crippen LogP contribution in [0.4, 0.5) is 0 Å². The molecule has 1 aromatic heterocycles. The third kappa shape index (κ3) is 11.3. The van der Waals surface area contributed by atoms with E-state index in [2.05, 4.69) is 20.9 Å². The predicted molar refractivity (Wildman–Crippen MR) is 106 cm³/mol. The van der Waals surface area contributed by atoms with Gasteiger partial charge in [-0.15, -0.1) is 24.0 Å². The van der Waals surface area contributed by atoms with E-state index in [1.807, 2.05) is 32.9 Å². The number of nitrogens with zero attached hydrogens (tertiary/aromatic N) is 1. The molecule has 0 radical (unpaired) electrons. The number of nitrogens with one attached hydrogen (secondary N) is 3. The van der Waals surface area contributed by atoms with E-state index in [9.17, 15) is 4.79 Å². The van der Waals surface area contributed by atoms with Gasteiger partial charge in [-0.25, -0.2) is 4.99 Å². The maximum absolute atomic E-state index is 11.8. The van der Waals surface area contributed by atoms with Gasteiger partial charge >= 0.3 is 0 Å². The van der Waals surface area contributed by atoms with Gasteiger partial charge in [0, 0.05) is 32.2 Å². The number of carbonyl (C=O) groups excluding carboxylic acids is 1. The highest BCUT2D eigenvalue weighted by Gasteiger charge is 2.13. The number of rotatable bonds is 8. The van der Waals surface area contributed by atoms with Gasteiger partial charge in [0.2, 0.25) is 5.91 Å². The van der Waals surface area contributed by atoms with E-state index in [0.717, 1.165) is 12.2 Å². The van der Waals surface area contributed by atoms with Crippen LogP contribution >= 0.6 is 24.0 Å². The number of methoxy groups -OCH3 is 1. The van der Waals surface area contributed by atoms with Gasteiger partial charge in [0.1, 0.15) is 12.3 Å². The van der Waals surface area contributed by atoms with Crippen LogP contribution in [0.2, 0.25) is 0 Å². The summed E-state index contributed by atoms with van der Waals surface area (Å²) in [5.74, 6) is 1.37. The first kappa shape index (κ1) is 22.7. The Morgan fingerprint density at radius 2 is 2.00 bits per heavy atom. The highest BCUT2D eigenvalue weighted by atomic mass is 127. The third-order valence-electron chi connectivity index (χ3n) is 2.74. The number of carbonyl (C=O) groups is 1. The maximum Gasteiger partial charge on any atom is 0.242 e. The van der Waals surface area contributed by atoms with Crippen molar-refractivity contribution in [2.75, 3.05) is 33.4 Å². The topological polar surface area (TPSA) is 87.9 Å². The quantitative estimate of drug-likeness (QED) is 0.241. The molecule has 7 nitrogen and oxygen atoms in total. The van der Waals surface area contributed by atoms with Crippen LogP contribution in [-0.4, -0.2) is 50.8 Å². The zero-order chi connectivity index (χ0) is 17.1. The van der Waals surface area contributed by atoms with E-state index in [-0.39, 0.29) is 42.0 Å². The molecule has 1 aromatic rings. The number of hydrogen-bond donors (Lipinski definition) is 3. The molecule has 3 N–H and O–H groups in total. The Kier molecular flexibility index (Phi) is 11.5. The number of aliphatic imine (C=N–C) groups is 1. The Labute approximate surface area is 161 Å². The molecule has 0 aliphatic carbocycles. The van der Waals surface area contributed by atoms with Crippen molar-refractivity contribution >= 4 is 35.8 Å². The van der Waals surface area contributed by atoms with Gasteiger partial charge in [0.05, 0.1) is 12.9 Å². The van der Waals surface area contributed by atoms with E-state index in [1.54, 1.807) is 13.4 Å². The second-order valence-corrected chi connectivity index (χ2v) is 6.14. The molecular formula is C16H29IN4O3. The van der Waals surface area contributed by atoms with Crippen molar-refractivity contribution in [3.05, 3.63) is 24.2 Å². The summed E-state index contributed by atoms with van der Waals surface area (Å²) in [5.41, 5.74) is -0.261. The van der Waals surface area contributed by atoms with Crippen LogP contribution in [0.25, 0.3) is 0 Å². The molecule has 0 aromatic carbocycles. The number of furan rings is 1. The Balaban J connectivity index is 0.00000529. The minimum absolute atomic E-state index is 0. The van der Waals surface area contributed by atoms with Gasteiger partial charge in [0.15, 0.2) is 5.96 Å². The van der Waals surface area contributed by atoms with Crippen molar-refractivity contribution in [1.82, 2.24) is 16.0 Å². The molecule has 0 aliphatic heterocycles. The largest absolute Gasteiger partial charge is 0.469 e. The lowest BCUT2D eigenvalue weighted by atomic mass is 10.1. The van der Waals surface area contributed by atoms with Crippen LogP contribution in [0.5, 0.6) is 0 Å². The zero-order valence-electron chi connectivity index (χ0n) is 14.8. The van der Waals surface area contributed by atoms with Crippen molar-refractivity contribution in [3.63, 3.8) is 0 Å². The third-order valence-corrected chi connectivity index (χ3v) is 2.74. The summed E-state index contributed by atoms with van der Waals surface area (Å²) >= 11 is 0. The molecule has 0 bridgehead atoms. The minimum Gasteiger partial charge on any atom is -0.469 e. The lowest BCUT2D eigenvalue weighted by Crippen LogP contribution is -2.44. The molecule has 138 valence electrons. The lowest BCUT2D eigenvalue weighted by Gasteiger charge is -2.20. The first-order valence-corrected chi connectivity index (χ1v) is 7.75. The lowest BCUT2D eigenvalue weighted by molar-refractivity contribution is -0.121. The van der Waals surface area contributed by atoms with Crippen molar-refractivity contribution < 1.29 is 13.9 Å². The highest BCUT2D eigenvalue weighted by molar-refractivity contribution is 14.0. The van der Waals surface area contributed by atoms with E-state index in [4.69, 9.17) is 9.15 Å². The summed E-state index contributed by atoms with van der Waals surface area (Å²) in [5, 5.41) is 9.18. The molecule has 8 heteroatoms. The molecule has 0 fully saturated rings. The Morgan fingerprint density at radius 1 is 1.29 bits per heavy atom. The second kappa shape index (κ2) is 12.1. The fourth-order valence-corrected chi connectivity index (χ4v) is 1.81. The van der Waals surface area contributed by atoms with Crippen molar-refractivity contribution in [2.24, 2.45) is 4.99 Å². The maximum atomic E-state index is 11.8. The average molecular weight is 452 g/mol. The molecule has 0 atom stereocenters. The predicted octanol–water partition coefficient (Wildman–Crippen LogP) is 1.54. The molecule has 24 heavy (non-hydrogen) atoms. The molecule has 1 amide bonds. The van der Waals surface area contributed by atoms with Crippen LogP contribution < -0.4 is 16.0 Å². The van der Waals surface area contributed by atoms with E-state index >= 15 is 0 Å². The molecule has 0 saturated carbocycles. The fourth-order valence-electron chi connectivity index (χ4n) is 1.81. The average Bonchev–Trinajstić information content (AvgIpc) is 2.95. The number of ether oxygens (including phenoxy) is 1. The Bertz CT molecular complexity index is 484. The summed E-state index contributed by atoms with van der Waals surface area (Å²) in [4.78, 5) is 16.1. The summed E-state index contributed by atoms with van der Waals surface area (Å²) in [7, 11) is 1.64. The van der Waals surface area contributed by atoms with Gasteiger partial charge in [-0.1, -0.05) is 0 Å². The standard InChI is InChI=1S/C16H28N4O3.HI/c1-16(2,3)20-14(21)12-19-15(18-9-11-22-4)17-8-7-13-6-5-10-23-13;/h5-6,10H,7-9,11-12H2,1-4H3,(H,20,21)(H2,17,18,19);1H.